The lowest BCUT2D eigenvalue weighted by Gasteiger charge is -2.24. The Morgan fingerprint density at radius 3 is 2.79 bits per heavy atom. The molecule has 0 bridgehead atoms. The van der Waals surface area contributed by atoms with Gasteiger partial charge in [-0.25, -0.2) is 0 Å². The van der Waals surface area contributed by atoms with Crippen molar-refractivity contribution in [2.75, 3.05) is 6.54 Å². The highest BCUT2D eigenvalue weighted by Gasteiger charge is 2.29. The summed E-state index contributed by atoms with van der Waals surface area (Å²) in [5, 5.41) is 0. The average Bonchev–Trinajstić information content (AvgIpc) is 2.69. The summed E-state index contributed by atoms with van der Waals surface area (Å²) in [6, 6.07) is 1.81. The normalized spacial score (nSPS) is 15.1. The lowest BCUT2D eigenvalue weighted by molar-refractivity contribution is -0.126. The van der Waals surface area contributed by atoms with E-state index in [1.807, 2.05) is 19.9 Å². The Labute approximate surface area is 84.3 Å². The zero-order valence-electron chi connectivity index (χ0n) is 8.75. The second-order valence-corrected chi connectivity index (χ2v) is 3.85. The molecule has 0 saturated carbocycles. The summed E-state index contributed by atoms with van der Waals surface area (Å²) in [7, 11) is 0. The molecule has 0 aliphatic heterocycles. The molecular weight excluding hydrogens is 178 g/mol. The summed E-state index contributed by atoms with van der Waals surface area (Å²) in [6.45, 7) is 4.30. The van der Waals surface area contributed by atoms with Crippen molar-refractivity contribution in [1.82, 2.24) is 0 Å². The van der Waals surface area contributed by atoms with Crippen LogP contribution in [-0.4, -0.2) is 12.3 Å². The minimum Gasteiger partial charge on any atom is -0.472 e. The van der Waals surface area contributed by atoms with Gasteiger partial charge in [0.2, 0.25) is 0 Å². The number of hydrogen-bond donors (Lipinski definition) is 1. The first-order chi connectivity index (χ1) is 6.62. The molecule has 1 aromatic rings. The molecule has 1 aromatic heterocycles. The van der Waals surface area contributed by atoms with E-state index in [9.17, 15) is 4.79 Å². The van der Waals surface area contributed by atoms with Crippen LogP contribution in [0.4, 0.5) is 0 Å². The van der Waals surface area contributed by atoms with Gasteiger partial charge in [-0.15, -0.1) is 0 Å². The van der Waals surface area contributed by atoms with Gasteiger partial charge in [-0.2, -0.15) is 0 Å². The molecule has 0 saturated heterocycles. The van der Waals surface area contributed by atoms with Gasteiger partial charge in [-0.05, 0) is 18.1 Å². The van der Waals surface area contributed by atoms with Gasteiger partial charge in [-0.1, -0.05) is 13.8 Å². The van der Waals surface area contributed by atoms with Crippen molar-refractivity contribution in [2.45, 2.75) is 26.7 Å². The van der Waals surface area contributed by atoms with Crippen molar-refractivity contribution in [1.29, 1.82) is 0 Å². The summed E-state index contributed by atoms with van der Waals surface area (Å²) < 4.78 is 4.91. The van der Waals surface area contributed by atoms with Gasteiger partial charge in [0.1, 0.15) is 5.78 Å². The van der Waals surface area contributed by atoms with Crippen molar-refractivity contribution in [2.24, 2.45) is 11.1 Å². The van der Waals surface area contributed by atoms with Crippen LogP contribution in [0.5, 0.6) is 0 Å². The number of carbonyl (C=O) groups is 1. The molecule has 2 N–H and O–H groups in total. The third-order valence-electron chi connectivity index (χ3n) is 2.85. The fourth-order valence-electron chi connectivity index (χ4n) is 1.25. The SMILES string of the molecule is CCC(C)(CN)C(=O)Cc1ccoc1. The molecule has 1 rings (SSSR count). The molecular formula is C11H17NO2. The standard InChI is InChI=1S/C11H17NO2/c1-3-11(2,8-12)10(13)6-9-4-5-14-7-9/h4-5,7H,3,6,8,12H2,1-2H3. The zero-order valence-corrected chi connectivity index (χ0v) is 8.75. The van der Waals surface area contributed by atoms with Crippen LogP contribution in [0.2, 0.25) is 0 Å². The molecule has 1 atom stereocenters. The number of carbonyl (C=O) groups excluding carboxylic acids is 1. The van der Waals surface area contributed by atoms with E-state index < -0.39 is 5.41 Å². The number of hydrogen-bond acceptors (Lipinski definition) is 3. The van der Waals surface area contributed by atoms with E-state index in [0.29, 0.717) is 13.0 Å². The Balaban J connectivity index is 2.66. The number of rotatable bonds is 5. The molecule has 0 spiro atoms. The second kappa shape index (κ2) is 4.42. The van der Waals surface area contributed by atoms with Crippen LogP contribution >= 0.6 is 0 Å². The topological polar surface area (TPSA) is 56.2 Å². The highest BCUT2D eigenvalue weighted by molar-refractivity contribution is 5.86. The van der Waals surface area contributed by atoms with E-state index in [0.717, 1.165) is 12.0 Å². The van der Waals surface area contributed by atoms with Crippen LogP contribution in [0.25, 0.3) is 0 Å². The Hall–Kier alpha value is -1.09. The molecule has 14 heavy (non-hydrogen) atoms. The Kier molecular flexibility index (Phi) is 3.47. The third-order valence-corrected chi connectivity index (χ3v) is 2.85. The lowest BCUT2D eigenvalue weighted by Crippen LogP contribution is -2.36. The van der Waals surface area contributed by atoms with Crippen LogP contribution in [0.1, 0.15) is 25.8 Å². The summed E-state index contributed by atoms with van der Waals surface area (Å²) in [5.74, 6) is 0.184. The van der Waals surface area contributed by atoms with Gasteiger partial charge in [-0.3, -0.25) is 4.79 Å². The van der Waals surface area contributed by atoms with E-state index in [-0.39, 0.29) is 5.78 Å². The maximum Gasteiger partial charge on any atom is 0.144 e. The number of ketones is 1. The quantitative estimate of drug-likeness (QED) is 0.779. The van der Waals surface area contributed by atoms with E-state index in [4.69, 9.17) is 10.2 Å². The smallest absolute Gasteiger partial charge is 0.144 e. The van der Waals surface area contributed by atoms with Crippen LogP contribution in [0, 0.1) is 5.41 Å². The van der Waals surface area contributed by atoms with Crippen molar-refractivity contribution in [3.63, 3.8) is 0 Å². The van der Waals surface area contributed by atoms with E-state index in [1.165, 1.54) is 0 Å². The molecule has 78 valence electrons. The molecule has 0 fully saturated rings. The highest BCUT2D eigenvalue weighted by atomic mass is 16.3. The first kappa shape index (κ1) is 11.0. The van der Waals surface area contributed by atoms with Crippen LogP contribution in [0.15, 0.2) is 23.0 Å². The van der Waals surface area contributed by atoms with Gasteiger partial charge in [0, 0.05) is 18.4 Å². The molecule has 0 amide bonds. The Morgan fingerprint density at radius 2 is 2.36 bits per heavy atom. The Bertz CT molecular complexity index is 286. The van der Waals surface area contributed by atoms with Gasteiger partial charge in [0.25, 0.3) is 0 Å². The minimum atomic E-state index is -0.392. The summed E-state index contributed by atoms with van der Waals surface area (Å²) in [4.78, 5) is 11.9. The maximum absolute atomic E-state index is 11.9. The number of furan rings is 1. The van der Waals surface area contributed by atoms with Crippen LogP contribution in [0.3, 0.4) is 0 Å². The monoisotopic (exact) mass is 195 g/mol. The summed E-state index contributed by atoms with van der Waals surface area (Å²) in [5.41, 5.74) is 6.13. The van der Waals surface area contributed by atoms with Crippen molar-refractivity contribution < 1.29 is 9.21 Å². The third kappa shape index (κ3) is 2.23. The molecule has 0 aromatic carbocycles. The minimum absolute atomic E-state index is 0.184. The molecule has 1 heterocycles. The summed E-state index contributed by atoms with van der Waals surface area (Å²) in [6.07, 6.45) is 4.37. The van der Waals surface area contributed by atoms with Gasteiger partial charge in [0.05, 0.1) is 12.5 Å². The highest BCUT2D eigenvalue weighted by Crippen LogP contribution is 2.22. The fourth-order valence-corrected chi connectivity index (χ4v) is 1.25. The fraction of sp³-hybridized carbons (Fsp3) is 0.545. The molecule has 0 aliphatic carbocycles. The Morgan fingerprint density at radius 1 is 1.64 bits per heavy atom. The van der Waals surface area contributed by atoms with Crippen LogP contribution < -0.4 is 5.73 Å². The van der Waals surface area contributed by atoms with E-state index in [2.05, 4.69) is 0 Å². The second-order valence-electron chi connectivity index (χ2n) is 3.85. The van der Waals surface area contributed by atoms with Gasteiger partial charge in [0.15, 0.2) is 0 Å². The molecule has 3 nitrogen and oxygen atoms in total. The largest absolute Gasteiger partial charge is 0.472 e. The molecule has 0 aliphatic rings. The van der Waals surface area contributed by atoms with Crippen LogP contribution in [-0.2, 0) is 11.2 Å². The average molecular weight is 195 g/mol. The molecule has 3 heteroatoms. The van der Waals surface area contributed by atoms with Crippen molar-refractivity contribution in [3.05, 3.63) is 24.2 Å². The number of nitrogens with two attached hydrogens (primary N) is 1. The van der Waals surface area contributed by atoms with E-state index >= 15 is 0 Å². The van der Waals surface area contributed by atoms with Gasteiger partial charge < -0.3 is 10.2 Å². The molecule has 1 unspecified atom stereocenters. The summed E-state index contributed by atoms with van der Waals surface area (Å²) >= 11 is 0. The lowest BCUT2D eigenvalue weighted by atomic mass is 9.81. The molecule has 0 radical (unpaired) electrons. The predicted octanol–water partition coefficient (Wildman–Crippen LogP) is 1.77. The maximum atomic E-state index is 11.9. The van der Waals surface area contributed by atoms with Gasteiger partial charge >= 0.3 is 0 Å². The van der Waals surface area contributed by atoms with E-state index in [1.54, 1.807) is 12.5 Å². The van der Waals surface area contributed by atoms with Crippen molar-refractivity contribution >= 4 is 5.78 Å². The van der Waals surface area contributed by atoms with Crippen molar-refractivity contribution in [3.8, 4) is 0 Å². The predicted molar refractivity (Wildman–Crippen MR) is 54.9 cm³/mol. The first-order valence-electron chi connectivity index (χ1n) is 4.87. The zero-order chi connectivity index (χ0) is 10.6. The number of Topliss-reactive ketones (excluding diaryl/α,β-unsaturated/α-hetero) is 1. The first-order valence-corrected chi connectivity index (χ1v) is 4.87.